The Bertz CT molecular complexity index is 1620. The number of nitrogens with zero attached hydrogens (tertiary/aromatic N) is 1. The number of carbonyl (C=O) groups is 1. The lowest BCUT2D eigenvalue weighted by molar-refractivity contribution is -0.124. The van der Waals surface area contributed by atoms with Crippen molar-refractivity contribution in [2.24, 2.45) is 0 Å². The number of allylic oxidation sites excluding steroid dienone is 3. The van der Waals surface area contributed by atoms with Crippen molar-refractivity contribution < 1.29 is 9.53 Å². The van der Waals surface area contributed by atoms with E-state index in [4.69, 9.17) is 4.74 Å². The number of carbonyl (C=O) groups excluding carboxylic acids is 1. The third-order valence-corrected chi connectivity index (χ3v) is 9.02. The molecule has 4 aromatic carbocycles. The SMILES string of the molecule is CCCCCCCCCCN1c2ccc(C=C(c3ccccc3)c3ccccc3)cc2CCc2cc(/C=C/C=C(/C)OC=O)ccc21. The first-order chi connectivity index (χ1) is 23.2. The van der Waals surface area contributed by atoms with Gasteiger partial charge in [-0.05, 0) is 102 Å². The molecule has 0 saturated carbocycles. The molecular formula is C44H49NO2. The van der Waals surface area contributed by atoms with Crippen molar-refractivity contribution in [2.75, 3.05) is 11.4 Å². The fraction of sp³-hybridized carbons (Fsp3) is 0.295. The maximum Gasteiger partial charge on any atom is 0.298 e. The highest BCUT2D eigenvalue weighted by Crippen LogP contribution is 2.38. The Morgan fingerprint density at radius 3 is 1.85 bits per heavy atom. The van der Waals surface area contributed by atoms with Crippen molar-refractivity contribution in [1.29, 1.82) is 0 Å². The summed E-state index contributed by atoms with van der Waals surface area (Å²) in [5.74, 6) is 0.575. The molecule has 47 heavy (non-hydrogen) atoms. The van der Waals surface area contributed by atoms with Crippen LogP contribution < -0.4 is 4.90 Å². The van der Waals surface area contributed by atoms with Crippen LogP contribution in [0.25, 0.3) is 17.7 Å². The van der Waals surface area contributed by atoms with Crippen LogP contribution in [0.2, 0.25) is 0 Å². The topological polar surface area (TPSA) is 29.5 Å². The number of unbranched alkanes of at least 4 members (excludes halogenated alkanes) is 7. The molecule has 4 aromatic rings. The lowest BCUT2D eigenvalue weighted by Gasteiger charge is -2.27. The van der Waals surface area contributed by atoms with E-state index in [1.807, 2.05) is 12.2 Å². The quantitative estimate of drug-likeness (QED) is 0.0409. The minimum atomic E-state index is 0.464. The number of ether oxygens (including phenoxy) is 1. The molecule has 242 valence electrons. The number of aryl methyl sites for hydroxylation is 2. The number of anilines is 2. The average molecular weight is 624 g/mol. The van der Waals surface area contributed by atoms with Crippen LogP contribution in [0, 0.1) is 0 Å². The van der Waals surface area contributed by atoms with Crippen LogP contribution in [0.15, 0.2) is 115 Å². The van der Waals surface area contributed by atoms with Gasteiger partial charge in [0.05, 0.1) is 0 Å². The molecule has 0 spiro atoms. The molecule has 3 nitrogen and oxygen atoms in total. The molecule has 0 N–H and O–H groups in total. The molecule has 3 heteroatoms. The van der Waals surface area contributed by atoms with E-state index < -0.39 is 0 Å². The zero-order chi connectivity index (χ0) is 32.7. The highest BCUT2D eigenvalue weighted by Gasteiger charge is 2.21. The van der Waals surface area contributed by atoms with E-state index in [2.05, 4.69) is 121 Å². The molecule has 0 bridgehead atoms. The second-order valence-corrected chi connectivity index (χ2v) is 12.5. The first kappa shape index (κ1) is 33.7. The van der Waals surface area contributed by atoms with E-state index in [0.29, 0.717) is 12.2 Å². The van der Waals surface area contributed by atoms with E-state index in [1.165, 1.54) is 96.1 Å². The van der Waals surface area contributed by atoms with Gasteiger partial charge in [-0.2, -0.15) is 0 Å². The molecule has 0 fully saturated rings. The highest BCUT2D eigenvalue weighted by molar-refractivity contribution is 5.92. The third-order valence-electron chi connectivity index (χ3n) is 9.02. The molecule has 0 saturated heterocycles. The third kappa shape index (κ3) is 9.68. The number of fused-ring (bicyclic) bond motifs is 2. The number of rotatable bonds is 16. The largest absolute Gasteiger partial charge is 0.434 e. The Balaban J connectivity index is 1.43. The summed E-state index contributed by atoms with van der Waals surface area (Å²) in [6, 6.07) is 35.3. The summed E-state index contributed by atoms with van der Waals surface area (Å²) in [6.07, 6.45) is 20.7. The van der Waals surface area contributed by atoms with E-state index in [1.54, 1.807) is 6.92 Å². The van der Waals surface area contributed by atoms with Crippen molar-refractivity contribution in [1.82, 2.24) is 0 Å². The first-order valence-electron chi connectivity index (χ1n) is 17.5. The summed E-state index contributed by atoms with van der Waals surface area (Å²) < 4.78 is 4.92. The summed E-state index contributed by atoms with van der Waals surface area (Å²) in [5.41, 5.74) is 11.5. The van der Waals surface area contributed by atoms with E-state index in [-0.39, 0.29) is 0 Å². The monoisotopic (exact) mass is 623 g/mol. The van der Waals surface area contributed by atoms with Crippen molar-refractivity contribution in [3.05, 3.63) is 148 Å². The lowest BCUT2D eigenvalue weighted by Crippen LogP contribution is -2.20. The molecule has 0 unspecified atom stereocenters. The predicted octanol–water partition coefficient (Wildman–Crippen LogP) is 11.7. The minimum absolute atomic E-state index is 0.464. The van der Waals surface area contributed by atoms with Crippen molar-refractivity contribution in [3.8, 4) is 0 Å². The molecule has 0 aliphatic carbocycles. The zero-order valence-corrected chi connectivity index (χ0v) is 28.2. The molecule has 0 amide bonds. The highest BCUT2D eigenvalue weighted by atomic mass is 16.5. The Kier molecular flexibility index (Phi) is 12.8. The first-order valence-corrected chi connectivity index (χ1v) is 17.5. The fourth-order valence-corrected chi connectivity index (χ4v) is 6.52. The maximum absolute atomic E-state index is 10.6. The zero-order valence-electron chi connectivity index (χ0n) is 28.2. The second-order valence-electron chi connectivity index (χ2n) is 12.5. The maximum atomic E-state index is 10.6. The van der Waals surface area contributed by atoms with Crippen molar-refractivity contribution in [3.63, 3.8) is 0 Å². The van der Waals surface area contributed by atoms with Crippen LogP contribution in [-0.4, -0.2) is 13.0 Å². The van der Waals surface area contributed by atoms with E-state index in [0.717, 1.165) is 24.9 Å². The van der Waals surface area contributed by atoms with Crippen LogP contribution >= 0.6 is 0 Å². The molecule has 1 aliphatic rings. The molecule has 0 aromatic heterocycles. The summed E-state index contributed by atoms with van der Waals surface area (Å²) in [6.45, 7) is 5.54. The molecular weight excluding hydrogens is 574 g/mol. The van der Waals surface area contributed by atoms with Crippen LogP contribution in [0.1, 0.15) is 98.6 Å². The molecule has 0 atom stereocenters. The summed E-state index contributed by atoms with van der Waals surface area (Å²) in [5, 5.41) is 0. The number of hydrogen-bond donors (Lipinski definition) is 0. The lowest BCUT2D eigenvalue weighted by atomic mass is 9.94. The minimum Gasteiger partial charge on any atom is -0.434 e. The molecule has 1 heterocycles. The standard InChI is InChI=1S/C44H49NO2/c1-3-4-5-6-7-8-9-16-30-45-43-28-24-36(19-17-18-35(2)47-34-46)31-40(43)26-27-41-32-37(25-29-44(41)45)33-42(38-20-12-10-13-21-38)39-22-14-11-15-23-39/h10-15,17-25,28-29,31-34H,3-9,16,26-27,30H2,1-2H3/b19-17+,35-18-. The van der Waals surface area contributed by atoms with Gasteiger partial charge in [-0.3, -0.25) is 4.79 Å². The normalized spacial score (nSPS) is 12.7. The van der Waals surface area contributed by atoms with Crippen LogP contribution in [0.3, 0.4) is 0 Å². The predicted molar refractivity (Wildman–Crippen MR) is 200 cm³/mol. The average Bonchev–Trinajstić information content (AvgIpc) is 3.25. The van der Waals surface area contributed by atoms with Gasteiger partial charge >= 0.3 is 0 Å². The fourth-order valence-electron chi connectivity index (χ4n) is 6.52. The Morgan fingerprint density at radius 2 is 1.26 bits per heavy atom. The van der Waals surface area contributed by atoms with Gasteiger partial charge in [-0.15, -0.1) is 0 Å². The van der Waals surface area contributed by atoms with E-state index >= 15 is 0 Å². The van der Waals surface area contributed by atoms with Gasteiger partial charge in [-0.1, -0.05) is 137 Å². The van der Waals surface area contributed by atoms with Gasteiger partial charge in [-0.25, -0.2) is 0 Å². The Labute approximate surface area is 282 Å². The van der Waals surface area contributed by atoms with Crippen LogP contribution in [-0.2, 0) is 22.4 Å². The number of hydrogen-bond acceptors (Lipinski definition) is 3. The smallest absolute Gasteiger partial charge is 0.298 e. The van der Waals surface area contributed by atoms with Gasteiger partial charge in [0.15, 0.2) is 0 Å². The van der Waals surface area contributed by atoms with Crippen molar-refractivity contribution in [2.45, 2.75) is 78.1 Å². The Morgan fingerprint density at radius 1 is 0.702 bits per heavy atom. The van der Waals surface area contributed by atoms with Gasteiger partial charge in [0.1, 0.15) is 5.76 Å². The molecule has 1 aliphatic heterocycles. The number of benzene rings is 4. The van der Waals surface area contributed by atoms with Crippen LogP contribution in [0.5, 0.6) is 0 Å². The Hall–Kier alpha value is -4.63. The van der Waals surface area contributed by atoms with Gasteiger partial charge < -0.3 is 9.64 Å². The van der Waals surface area contributed by atoms with Crippen molar-refractivity contribution >= 4 is 35.6 Å². The summed E-state index contributed by atoms with van der Waals surface area (Å²) >= 11 is 0. The van der Waals surface area contributed by atoms with Gasteiger partial charge in [0, 0.05) is 17.9 Å². The van der Waals surface area contributed by atoms with E-state index in [9.17, 15) is 4.79 Å². The summed E-state index contributed by atoms with van der Waals surface area (Å²) in [4.78, 5) is 13.2. The summed E-state index contributed by atoms with van der Waals surface area (Å²) in [7, 11) is 0. The molecule has 5 rings (SSSR count). The van der Waals surface area contributed by atoms with Crippen LogP contribution in [0.4, 0.5) is 11.4 Å². The van der Waals surface area contributed by atoms with Gasteiger partial charge in [0.25, 0.3) is 6.47 Å². The molecule has 0 radical (unpaired) electrons. The van der Waals surface area contributed by atoms with Gasteiger partial charge in [0.2, 0.25) is 0 Å². The second kappa shape index (κ2) is 17.9.